The van der Waals surface area contributed by atoms with Gasteiger partial charge in [0.1, 0.15) is 0 Å². The normalized spacial score (nSPS) is 7.14. The molecule has 0 saturated carbocycles. The van der Waals surface area contributed by atoms with Crippen LogP contribution in [0, 0.1) is 0 Å². The Kier molecular flexibility index (Phi) is 12.4. The Morgan fingerprint density at radius 3 is 0.929 bits per heavy atom. The van der Waals surface area contributed by atoms with Gasteiger partial charge in [-0.15, -0.1) is 0 Å². The van der Waals surface area contributed by atoms with Crippen molar-refractivity contribution in [3.8, 4) is 0 Å². The predicted octanol–water partition coefficient (Wildman–Crippen LogP) is 2.65. The summed E-state index contributed by atoms with van der Waals surface area (Å²) in [5.74, 6) is 0. The van der Waals surface area contributed by atoms with E-state index in [4.69, 9.17) is 0 Å². The van der Waals surface area contributed by atoms with Crippen LogP contribution in [0.15, 0.2) is 48.5 Å². The summed E-state index contributed by atoms with van der Waals surface area (Å²) in [6, 6.07) is 16.7. The Morgan fingerprint density at radius 1 is 0.500 bits per heavy atom. The van der Waals surface area contributed by atoms with Crippen LogP contribution in [0.5, 0.6) is 0 Å². The molecule has 4 heteroatoms. The number of halogens is 3. The summed E-state index contributed by atoms with van der Waals surface area (Å²) in [7, 11) is 0. The fourth-order valence-corrected chi connectivity index (χ4v) is 1.13. The molecule has 0 amide bonds. The van der Waals surface area contributed by atoms with Crippen molar-refractivity contribution in [3.63, 3.8) is 0 Å². The maximum absolute atomic E-state index is 2.12. The van der Waals surface area contributed by atoms with E-state index in [1.165, 1.54) is 10.8 Å². The minimum absolute atomic E-state index is 0. The van der Waals surface area contributed by atoms with Crippen molar-refractivity contribution in [2.24, 2.45) is 0 Å². The van der Waals surface area contributed by atoms with Gasteiger partial charge in [-0.2, -0.15) is 0 Å². The smallest absolute Gasteiger partial charge is 0.0184 e. The first-order valence-electron chi connectivity index (χ1n) is 3.40. The fraction of sp³-hybridized carbons (Fsp3) is 0. The van der Waals surface area contributed by atoms with Crippen LogP contribution in [-0.4, -0.2) is 29.6 Å². The van der Waals surface area contributed by atoms with E-state index >= 15 is 0 Å². The topological polar surface area (TPSA) is 0 Å². The molecule has 2 aromatic carbocycles. The molecular weight excluding hydrogens is 200 g/mol. The molecule has 0 unspecified atom stereocenters. The first kappa shape index (κ1) is 19.1. The molecule has 0 aliphatic carbocycles. The van der Waals surface area contributed by atoms with Crippen molar-refractivity contribution in [2.75, 3.05) is 0 Å². The van der Waals surface area contributed by atoms with E-state index < -0.39 is 0 Å². The Balaban J connectivity index is -0.000000302. The molecule has 0 heterocycles. The first-order chi connectivity index (χ1) is 4.97. The maximum atomic E-state index is 2.12. The van der Waals surface area contributed by atoms with Crippen LogP contribution in [0.2, 0.25) is 0 Å². The van der Waals surface area contributed by atoms with Gasteiger partial charge < -0.3 is 0 Å². The first-order valence-corrected chi connectivity index (χ1v) is 3.40. The summed E-state index contributed by atoms with van der Waals surface area (Å²) in [6.07, 6.45) is 0. The van der Waals surface area contributed by atoms with Crippen molar-refractivity contribution < 1.29 is 14.1 Å². The largest absolute Gasteiger partial charge is 0.0616 e. The van der Waals surface area contributed by atoms with Crippen molar-refractivity contribution >= 4 is 40.3 Å². The zero-order valence-electron chi connectivity index (χ0n) is 6.84. The summed E-state index contributed by atoms with van der Waals surface area (Å²) < 4.78 is 0. The summed E-state index contributed by atoms with van der Waals surface area (Å²) in [4.78, 5) is 0. The molecule has 2 aromatic rings. The monoisotopic (exact) mass is 212 g/mol. The van der Waals surface area contributed by atoms with Crippen molar-refractivity contribution in [1.29, 1.82) is 0 Å². The quantitative estimate of drug-likeness (QED) is 0.589. The van der Waals surface area contributed by atoms with E-state index in [2.05, 4.69) is 48.5 Å². The van der Waals surface area contributed by atoms with Crippen molar-refractivity contribution in [3.05, 3.63) is 48.5 Å². The Morgan fingerprint density at radius 2 is 0.714 bits per heavy atom. The minimum atomic E-state index is 0. The molecule has 0 aromatic heterocycles. The Hall–Kier alpha value is -0.510. The third-order valence-electron chi connectivity index (χ3n) is 1.66. The molecular formula is C10H12F3Na. The van der Waals surface area contributed by atoms with Gasteiger partial charge in [0.2, 0.25) is 0 Å². The summed E-state index contributed by atoms with van der Waals surface area (Å²) in [6.45, 7) is 0. The molecule has 0 fully saturated rings. The molecule has 0 bridgehead atoms. The molecule has 74 valence electrons. The van der Waals surface area contributed by atoms with E-state index in [-0.39, 0.29) is 43.7 Å². The Bertz CT molecular complexity index is 286. The predicted molar refractivity (Wildman–Crippen MR) is 58.6 cm³/mol. The summed E-state index contributed by atoms with van der Waals surface area (Å²) in [5.41, 5.74) is 0. The second-order valence-electron chi connectivity index (χ2n) is 2.35. The standard InChI is InChI=1S/C10H8.3FH.Na.H/c1-2-6-10-8-4-3-7-9(10)5-1;;;;;/h1-8H;3*1H;;. The van der Waals surface area contributed by atoms with Crippen LogP contribution in [0.4, 0.5) is 14.1 Å². The van der Waals surface area contributed by atoms with Crippen LogP contribution in [-0.2, 0) is 0 Å². The number of hydrogen-bond acceptors (Lipinski definition) is 0. The van der Waals surface area contributed by atoms with Gasteiger partial charge in [-0.25, -0.2) is 0 Å². The third-order valence-corrected chi connectivity index (χ3v) is 1.66. The molecule has 0 aliphatic rings. The van der Waals surface area contributed by atoms with E-state index in [9.17, 15) is 0 Å². The third kappa shape index (κ3) is 4.13. The van der Waals surface area contributed by atoms with Crippen LogP contribution in [0.1, 0.15) is 0 Å². The molecule has 0 saturated heterocycles. The van der Waals surface area contributed by atoms with Gasteiger partial charge in [0.05, 0.1) is 0 Å². The second kappa shape index (κ2) is 9.06. The van der Waals surface area contributed by atoms with Crippen LogP contribution in [0.3, 0.4) is 0 Å². The van der Waals surface area contributed by atoms with Crippen LogP contribution < -0.4 is 0 Å². The SMILES string of the molecule is F.F.F.[NaH].c1ccc2ccccc2c1. The maximum Gasteiger partial charge on any atom is -0.0184 e. The zero-order valence-corrected chi connectivity index (χ0v) is 6.84. The van der Waals surface area contributed by atoms with Gasteiger partial charge in [0.15, 0.2) is 0 Å². The average molecular weight is 212 g/mol. The number of benzene rings is 2. The van der Waals surface area contributed by atoms with Gasteiger partial charge >= 0.3 is 29.6 Å². The molecule has 0 N–H and O–H groups in total. The van der Waals surface area contributed by atoms with Gasteiger partial charge in [-0.1, -0.05) is 48.5 Å². The molecule has 0 spiro atoms. The van der Waals surface area contributed by atoms with Gasteiger partial charge in [-0.3, -0.25) is 14.1 Å². The van der Waals surface area contributed by atoms with Gasteiger partial charge in [0, 0.05) is 0 Å². The summed E-state index contributed by atoms with van der Waals surface area (Å²) in [5, 5.41) is 2.62. The van der Waals surface area contributed by atoms with E-state index in [1.54, 1.807) is 0 Å². The molecule has 14 heavy (non-hydrogen) atoms. The van der Waals surface area contributed by atoms with Crippen molar-refractivity contribution in [1.82, 2.24) is 0 Å². The number of fused-ring (bicyclic) bond motifs is 1. The van der Waals surface area contributed by atoms with E-state index in [0.29, 0.717) is 0 Å². The van der Waals surface area contributed by atoms with Crippen LogP contribution >= 0.6 is 0 Å². The zero-order chi connectivity index (χ0) is 6.81. The number of rotatable bonds is 0. The number of hydrogen-bond donors (Lipinski definition) is 0. The fourth-order valence-electron chi connectivity index (χ4n) is 1.13. The molecule has 2 rings (SSSR count). The van der Waals surface area contributed by atoms with Crippen molar-refractivity contribution in [2.45, 2.75) is 0 Å². The van der Waals surface area contributed by atoms with Gasteiger partial charge in [-0.05, 0) is 10.8 Å². The molecule has 0 radical (unpaired) electrons. The Labute approximate surface area is 103 Å². The van der Waals surface area contributed by atoms with Gasteiger partial charge in [0.25, 0.3) is 0 Å². The van der Waals surface area contributed by atoms with Crippen LogP contribution in [0.25, 0.3) is 10.8 Å². The average Bonchev–Trinajstić information content (AvgIpc) is 2.05. The summed E-state index contributed by atoms with van der Waals surface area (Å²) >= 11 is 0. The second-order valence-corrected chi connectivity index (χ2v) is 2.35. The molecule has 0 aliphatic heterocycles. The van der Waals surface area contributed by atoms with E-state index in [1.807, 2.05) is 0 Å². The molecule has 0 nitrogen and oxygen atoms in total. The molecule has 0 atom stereocenters. The van der Waals surface area contributed by atoms with E-state index in [0.717, 1.165) is 0 Å². The minimum Gasteiger partial charge on any atom is -0.0616 e.